The van der Waals surface area contributed by atoms with Crippen LogP contribution in [-0.4, -0.2) is 6.54 Å². The maximum Gasteiger partial charge on any atom is 0.129 e. The second-order valence-electron chi connectivity index (χ2n) is 4.98. The van der Waals surface area contributed by atoms with Crippen LogP contribution in [0.1, 0.15) is 35.2 Å². The van der Waals surface area contributed by atoms with Crippen molar-refractivity contribution in [2.75, 3.05) is 6.54 Å². The molecule has 20 heavy (non-hydrogen) atoms. The summed E-state index contributed by atoms with van der Waals surface area (Å²) < 4.78 is 13.8. The van der Waals surface area contributed by atoms with E-state index in [1.807, 2.05) is 43.3 Å². The highest BCUT2D eigenvalue weighted by atomic mass is 35.5. The molecule has 0 bridgehead atoms. The average molecular weight is 292 g/mol. The Balaban J connectivity index is 2.52. The summed E-state index contributed by atoms with van der Waals surface area (Å²) >= 11 is 6.30. The molecule has 1 atom stereocenters. The molecule has 0 aromatic heterocycles. The van der Waals surface area contributed by atoms with Crippen molar-refractivity contribution in [1.29, 1.82) is 0 Å². The second-order valence-corrected chi connectivity index (χ2v) is 5.39. The van der Waals surface area contributed by atoms with Crippen LogP contribution < -0.4 is 5.32 Å². The van der Waals surface area contributed by atoms with E-state index >= 15 is 0 Å². The van der Waals surface area contributed by atoms with Gasteiger partial charge in [0.05, 0.1) is 6.04 Å². The van der Waals surface area contributed by atoms with Crippen molar-refractivity contribution < 1.29 is 4.39 Å². The molecule has 1 nitrogen and oxygen atoms in total. The van der Waals surface area contributed by atoms with Gasteiger partial charge in [0, 0.05) is 5.02 Å². The van der Waals surface area contributed by atoms with Crippen LogP contribution in [-0.2, 0) is 0 Å². The van der Waals surface area contributed by atoms with Gasteiger partial charge in [-0.05, 0) is 48.7 Å². The zero-order valence-corrected chi connectivity index (χ0v) is 12.8. The SMILES string of the molecule is CCNC(c1cc(C)c(F)c(C)c1)c1ccccc1Cl. The third-order valence-corrected chi connectivity index (χ3v) is 3.76. The van der Waals surface area contributed by atoms with E-state index in [2.05, 4.69) is 5.32 Å². The van der Waals surface area contributed by atoms with Gasteiger partial charge in [-0.1, -0.05) is 48.9 Å². The zero-order valence-electron chi connectivity index (χ0n) is 12.0. The Hall–Kier alpha value is -1.38. The van der Waals surface area contributed by atoms with E-state index in [9.17, 15) is 4.39 Å². The summed E-state index contributed by atoms with van der Waals surface area (Å²) in [6.45, 7) is 6.45. The van der Waals surface area contributed by atoms with Crippen molar-refractivity contribution in [3.05, 3.63) is 69.5 Å². The molecule has 2 rings (SSSR count). The minimum absolute atomic E-state index is 0.0216. The van der Waals surface area contributed by atoms with E-state index in [1.165, 1.54) is 0 Å². The first kappa shape index (κ1) is 15.0. The molecule has 106 valence electrons. The van der Waals surface area contributed by atoms with Gasteiger partial charge >= 0.3 is 0 Å². The van der Waals surface area contributed by atoms with Crippen LogP contribution in [0.3, 0.4) is 0 Å². The Morgan fingerprint density at radius 2 is 1.75 bits per heavy atom. The first-order chi connectivity index (χ1) is 9.54. The second kappa shape index (κ2) is 6.38. The number of hydrogen-bond acceptors (Lipinski definition) is 1. The van der Waals surface area contributed by atoms with Gasteiger partial charge in [0.1, 0.15) is 5.82 Å². The summed E-state index contributed by atoms with van der Waals surface area (Å²) in [5, 5.41) is 4.14. The molecule has 3 heteroatoms. The molecule has 0 aliphatic heterocycles. The van der Waals surface area contributed by atoms with Crippen LogP contribution in [0.5, 0.6) is 0 Å². The highest BCUT2D eigenvalue weighted by molar-refractivity contribution is 6.31. The van der Waals surface area contributed by atoms with E-state index in [0.29, 0.717) is 11.1 Å². The predicted octanol–water partition coefficient (Wildman–Crippen LogP) is 4.79. The van der Waals surface area contributed by atoms with Crippen molar-refractivity contribution in [1.82, 2.24) is 5.32 Å². The Kier molecular flexibility index (Phi) is 4.79. The third-order valence-electron chi connectivity index (χ3n) is 3.42. The smallest absolute Gasteiger partial charge is 0.129 e. The number of nitrogens with one attached hydrogen (secondary N) is 1. The van der Waals surface area contributed by atoms with Crippen molar-refractivity contribution >= 4 is 11.6 Å². The number of rotatable bonds is 4. The summed E-state index contributed by atoms with van der Waals surface area (Å²) in [5.41, 5.74) is 3.38. The zero-order chi connectivity index (χ0) is 14.7. The van der Waals surface area contributed by atoms with Crippen LogP contribution >= 0.6 is 11.6 Å². The largest absolute Gasteiger partial charge is 0.306 e. The highest BCUT2D eigenvalue weighted by Gasteiger charge is 2.17. The molecule has 0 aliphatic rings. The fourth-order valence-corrected chi connectivity index (χ4v) is 2.71. The van der Waals surface area contributed by atoms with Crippen molar-refractivity contribution in [2.24, 2.45) is 0 Å². The van der Waals surface area contributed by atoms with Crippen molar-refractivity contribution in [3.8, 4) is 0 Å². The van der Waals surface area contributed by atoms with Crippen LogP contribution in [0, 0.1) is 19.7 Å². The summed E-state index contributed by atoms with van der Waals surface area (Å²) in [5.74, 6) is -0.136. The number of aryl methyl sites for hydroxylation is 2. The minimum atomic E-state index is -0.136. The highest BCUT2D eigenvalue weighted by Crippen LogP contribution is 2.30. The topological polar surface area (TPSA) is 12.0 Å². The van der Waals surface area contributed by atoms with Gasteiger partial charge in [0.2, 0.25) is 0 Å². The summed E-state index contributed by atoms with van der Waals surface area (Å²) in [6.07, 6.45) is 0. The van der Waals surface area contributed by atoms with Gasteiger partial charge in [-0.15, -0.1) is 0 Å². The molecule has 0 saturated carbocycles. The lowest BCUT2D eigenvalue weighted by molar-refractivity contribution is 0.598. The Morgan fingerprint density at radius 1 is 1.15 bits per heavy atom. The number of benzene rings is 2. The van der Waals surface area contributed by atoms with Crippen LogP contribution in [0.25, 0.3) is 0 Å². The van der Waals surface area contributed by atoms with E-state index in [-0.39, 0.29) is 11.9 Å². The molecule has 2 aromatic carbocycles. The quantitative estimate of drug-likeness (QED) is 0.853. The monoisotopic (exact) mass is 291 g/mol. The molecule has 1 unspecified atom stereocenters. The predicted molar refractivity (Wildman–Crippen MR) is 82.8 cm³/mol. The summed E-state index contributed by atoms with van der Waals surface area (Å²) in [4.78, 5) is 0. The molecular formula is C17H19ClFN. The van der Waals surface area contributed by atoms with Crippen LogP contribution in [0.15, 0.2) is 36.4 Å². The Morgan fingerprint density at radius 3 is 2.30 bits per heavy atom. The van der Waals surface area contributed by atoms with Gasteiger partial charge in [-0.3, -0.25) is 0 Å². The fourth-order valence-electron chi connectivity index (χ4n) is 2.47. The van der Waals surface area contributed by atoms with Crippen molar-refractivity contribution in [3.63, 3.8) is 0 Å². The van der Waals surface area contributed by atoms with Gasteiger partial charge < -0.3 is 5.32 Å². The van der Waals surface area contributed by atoms with E-state index in [4.69, 9.17) is 11.6 Å². The van der Waals surface area contributed by atoms with Gasteiger partial charge in [0.15, 0.2) is 0 Å². The summed E-state index contributed by atoms with van der Waals surface area (Å²) in [7, 11) is 0. The molecule has 0 aliphatic carbocycles. The maximum absolute atomic E-state index is 13.8. The molecule has 1 N–H and O–H groups in total. The molecule has 0 heterocycles. The van der Waals surface area contributed by atoms with E-state index in [1.54, 1.807) is 13.8 Å². The van der Waals surface area contributed by atoms with Gasteiger partial charge in [-0.25, -0.2) is 4.39 Å². The number of halogens is 2. The molecule has 0 fully saturated rings. The number of hydrogen-bond donors (Lipinski definition) is 1. The standard InChI is InChI=1S/C17H19ClFN/c1-4-20-17(14-7-5-6-8-15(14)18)13-9-11(2)16(19)12(3)10-13/h5-10,17,20H,4H2,1-3H3. The lowest BCUT2D eigenvalue weighted by Gasteiger charge is -2.21. The fraction of sp³-hybridized carbons (Fsp3) is 0.294. The lowest BCUT2D eigenvalue weighted by atomic mass is 9.95. The lowest BCUT2D eigenvalue weighted by Crippen LogP contribution is -2.22. The van der Waals surface area contributed by atoms with Gasteiger partial charge in [0.25, 0.3) is 0 Å². The first-order valence-electron chi connectivity index (χ1n) is 6.79. The van der Waals surface area contributed by atoms with E-state index < -0.39 is 0 Å². The average Bonchev–Trinajstić information content (AvgIpc) is 2.43. The first-order valence-corrected chi connectivity index (χ1v) is 7.16. The van der Waals surface area contributed by atoms with Crippen LogP contribution in [0.4, 0.5) is 4.39 Å². The van der Waals surface area contributed by atoms with Gasteiger partial charge in [-0.2, -0.15) is 0 Å². The maximum atomic E-state index is 13.8. The molecule has 0 spiro atoms. The molecule has 0 saturated heterocycles. The third kappa shape index (κ3) is 3.02. The van der Waals surface area contributed by atoms with Crippen molar-refractivity contribution in [2.45, 2.75) is 26.8 Å². The Labute approximate surface area is 124 Å². The molecule has 0 radical (unpaired) electrons. The minimum Gasteiger partial charge on any atom is -0.306 e. The van der Waals surface area contributed by atoms with E-state index in [0.717, 1.165) is 22.7 Å². The summed E-state index contributed by atoms with van der Waals surface area (Å²) in [6, 6.07) is 11.5. The molecule has 2 aromatic rings. The molecular weight excluding hydrogens is 273 g/mol. The Bertz CT molecular complexity index is 587. The molecule has 0 amide bonds. The van der Waals surface area contributed by atoms with Crippen LogP contribution in [0.2, 0.25) is 5.02 Å². The normalized spacial score (nSPS) is 12.4.